The molecule has 0 aliphatic heterocycles. The van der Waals surface area contributed by atoms with Crippen LogP contribution in [0.25, 0.3) is 5.57 Å². The quantitative estimate of drug-likeness (QED) is 0.337. The standard InChI is InChI=1S/C34H49F2NO2Si/c1-21(2)30-29(31(38)23-15-17-24(18-16-23)34(8,35)36)27(22-13-11-12-14-22)28-25(37-30)19-33(6,7)20-26(28)39-40(9,10)32(3,4)5/h13,15-18,21,26,31,38H,11-12,14,19-20H2,1-10H3/t26?,31-/m1/s1. The highest BCUT2D eigenvalue weighted by molar-refractivity contribution is 6.74. The second-order valence-corrected chi connectivity index (χ2v) is 19.5. The highest BCUT2D eigenvalue weighted by Gasteiger charge is 2.45. The van der Waals surface area contributed by atoms with Crippen molar-refractivity contribution in [1.82, 2.24) is 4.98 Å². The van der Waals surface area contributed by atoms with Gasteiger partial charge in [0.2, 0.25) is 0 Å². The van der Waals surface area contributed by atoms with Crippen LogP contribution in [0.1, 0.15) is 138 Å². The zero-order valence-electron chi connectivity index (χ0n) is 26.2. The number of benzene rings is 1. The molecule has 0 saturated heterocycles. The topological polar surface area (TPSA) is 42.4 Å². The molecule has 2 aliphatic rings. The van der Waals surface area contributed by atoms with Crippen LogP contribution in [0, 0.1) is 5.41 Å². The van der Waals surface area contributed by atoms with Gasteiger partial charge in [-0.1, -0.05) is 78.8 Å². The van der Waals surface area contributed by atoms with Crippen LogP contribution in [-0.4, -0.2) is 18.4 Å². The van der Waals surface area contributed by atoms with Gasteiger partial charge in [-0.15, -0.1) is 0 Å². The van der Waals surface area contributed by atoms with Crippen LogP contribution in [0.4, 0.5) is 8.78 Å². The van der Waals surface area contributed by atoms with Crippen LogP contribution in [-0.2, 0) is 16.8 Å². The zero-order chi connectivity index (χ0) is 29.8. The first-order valence-corrected chi connectivity index (χ1v) is 17.8. The molecule has 0 radical (unpaired) electrons. The predicted octanol–water partition coefficient (Wildman–Crippen LogP) is 10.0. The third kappa shape index (κ3) is 6.14. The van der Waals surface area contributed by atoms with E-state index in [1.165, 1.54) is 17.7 Å². The van der Waals surface area contributed by atoms with Gasteiger partial charge in [0, 0.05) is 35.0 Å². The van der Waals surface area contributed by atoms with Gasteiger partial charge in [0.05, 0.1) is 6.10 Å². The van der Waals surface area contributed by atoms with E-state index in [4.69, 9.17) is 9.41 Å². The fraction of sp³-hybridized carbons (Fsp3) is 0.618. The fourth-order valence-corrected chi connectivity index (χ4v) is 7.28. The third-order valence-corrected chi connectivity index (χ3v) is 13.7. The van der Waals surface area contributed by atoms with Gasteiger partial charge in [-0.3, -0.25) is 4.98 Å². The summed E-state index contributed by atoms with van der Waals surface area (Å²) < 4.78 is 35.1. The maximum Gasteiger partial charge on any atom is 0.270 e. The SMILES string of the molecule is CC(C)c1nc2c(c(C3=CCCC3)c1[C@H](O)c1ccc(C(C)(F)F)cc1)C(O[Si](C)(C)C(C)(C)C)CC(C)(C)C2. The molecule has 0 fully saturated rings. The molecule has 3 nitrogen and oxygen atoms in total. The van der Waals surface area contributed by atoms with E-state index < -0.39 is 20.3 Å². The summed E-state index contributed by atoms with van der Waals surface area (Å²) in [6, 6.07) is 6.14. The Hall–Kier alpha value is -1.89. The molecule has 2 aliphatic carbocycles. The molecule has 1 heterocycles. The lowest BCUT2D eigenvalue weighted by Crippen LogP contribution is -2.44. The summed E-state index contributed by atoms with van der Waals surface area (Å²) in [4.78, 5) is 5.31. The lowest BCUT2D eigenvalue weighted by Gasteiger charge is -2.45. The van der Waals surface area contributed by atoms with Crippen LogP contribution in [0.3, 0.4) is 0 Å². The van der Waals surface area contributed by atoms with Gasteiger partial charge < -0.3 is 9.53 Å². The van der Waals surface area contributed by atoms with E-state index in [0.29, 0.717) is 5.56 Å². The van der Waals surface area contributed by atoms with Crippen molar-refractivity contribution in [2.24, 2.45) is 5.41 Å². The molecular weight excluding hydrogens is 520 g/mol. The third-order valence-electron chi connectivity index (χ3n) is 9.25. The summed E-state index contributed by atoms with van der Waals surface area (Å²) in [6.45, 7) is 21.2. The first kappa shape index (κ1) is 31.1. The van der Waals surface area contributed by atoms with E-state index in [1.54, 1.807) is 12.1 Å². The maximum absolute atomic E-state index is 14.0. The Morgan fingerprint density at radius 2 is 1.70 bits per heavy atom. The van der Waals surface area contributed by atoms with E-state index in [0.717, 1.165) is 67.1 Å². The lowest BCUT2D eigenvalue weighted by molar-refractivity contribution is 0.0174. The van der Waals surface area contributed by atoms with Crippen LogP contribution in [0.5, 0.6) is 0 Å². The molecule has 4 rings (SSSR count). The first-order chi connectivity index (χ1) is 18.3. The van der Waals surface area contributed by atoms with Crippen molar-refractivity contribution in [3.05, 3.63) is 69.5 Å². The molecule has 0 amide bonds. The minimum atomic E-state index is -2.93. The number of hydrogen-bond acceptors (Lipinski definition) is 3. The summed E-state index contributed by atoms with van der Waals surface area (Å²) in [7, 11) is -2.13. The highest BCUT2D eigenvalue weighted by atomic mass is 28.4. The molecule has 0 saturated carbocycles. The van der Waals surface area contributed by atoms with Crippen LogP contribution in [0.2, 0.25) is 18.1 Å². The molecule has 0 spiro atoms. The molecule has 1 aromatic heterocycles. The number of allylic oxidation sites excluding steroid dienone is 2. The number of halogens is 2. The summed E-state index contributed by atoms with van der Waals surface area (Å²) in [5.41, 5.74) is 6.89. The van der Waals surface area contributed by atoms with Crippen molar-refractivity contribution in [1.29, 1.82) is 0 Å². The minimum Gasteiger partial charge on any atom is -0.410 e. The number of nitrogens with zero attached hydrogens (tertiary/aromatic N) is 1. The van der Waals surface area contributed by atoms with Gasteiger partial charge in [-0.25, -0.2) is 8.78 Å². The Morgan fingerprint density at radius 1 is 1.07 bits per heavy atom. The van der Waals surface area contributed by atoms with Crippen molar-refractivity contribution in [2.75, 3.05) is 0 Å². The second kappa shape index (κ2) is 10.7. The summed E-state index contributed by atoms with van der Waals surface area (Å²) in [5, 5.41) is 12.1. The molecule has 1 N–H and O–H groups in total. The Kier molecular flexibility index (Phi) is 8.34. The van der Waals surface area contributed by atoms with Gasteiger partial charge in [-0.05, 0) is 78.3 Å². The van der Waals surface area contributed by atoms with Gasteiger partial charge >= 0.3 is 0 Å². The highest BCUT2D eigenvalue weighted by Crippen LogP contribution is 2.52. The van der Waals surface area contributed by atoms with Crippen LogP contribution in [0.15, 0.2) is 30.3 Å². The monoisotopic (exact) mass is 569 g/mol. The molecule has 2 atom stereocenters. The van der Waals surface area contributed by atoms with Crippen molar-refractivity contribution >= 4 is 13.9 Å². The van der Waals surface area contributed by atoms with Crippen LogP contribution >= 0.6 is 0 Å². The van der Waals surface area contributed by atoms with E-state index in [2.05, 4.69) is 67.6 Å². The van der Waals surface area contributed by atoms with Gasteiger partial charge in [-0.2, -0.15) is 0 Å². The normalized spacial score (nSPS) is 20.4. The molecule has 1 unspecified atom stereocenters. The molecular formula is C34H49F2NO2Si. The minimum absolute atomic E-state index is 0.0317. The summed E-state index contributed by atoms with van der Waals surface area (Å²) in [6.07, 6.45) is 6.02. The number of hydrogen-bond donors (Lipinski definition) is 1. The fourth-order valence-electron chi connectivity index (χ4n) is 6.01. The average Bonchev–Trinajstić information content (AvgIpc) is 3.35. The number of aliphatic hydroxyl groups is 1. The van der Waals surface area contributed by atoms with E-state index in [9.17, 15) is 13.9 Å². The largest absolute Gasteiger partial charge is 0.410 e. The van der Waals surface area contributed by atoms with E-state index in [-0.39, 0.29) is 28.0 Å². The van der Waals surface area contributed by atoms with Gasteiger partial charge in [0.1, 0.15) is 6.10 Å². The molecule has 0 bridgehead atoms. The summed E-state index contributed by atoms with van der Waals surface area (Å²) in [5.74, 6) is -2.85. The number of rotatable bonds is 7. The van der Waals surface area contributed by atoms with E-state index >= 15 is 0 Å². The van der Waals surface area contributed by atoms with Crippen LogP contribution < -0.4 is 0 Å². The Labute approximate surface area is 241 Å². The van der Waals surface area contributed by atoms with Gasteiger partial charge in [0.15, 0.2) is 8.32 Å². The van der Waals surface area contributed by atoms with E-state index in [1.807, 2.05) is 0 Å². The number of fused-ring (bicyclic) bond motifs is 1. The molecule has 1 aromatic carbocycles. The number of aliphatic hydroxyl groups excluding tert-OH is 1. The lowest BCUT2D eigenvalue weighted by atomic mass is 9.71. The number of alkyl halides is 2. The molecule has 2 aromatic rings. The van der Waals surface area contributed by atoms with Crippen molar-refractivity contribution < 1.29 is 18.3 Å². The number of pyridine rings is 1. The smallest absolute Gasteiger partial charge is 0.270 e. The zero-order valence-corrected chi connectivity index (χ0v) is 27.2. The second-order valence-electron chi connectivity index (χ2n) is 14.7. The van der Waals surface area contributed by atoms with Crippen molar-refractivity contribution in [3.63, 3.8) is 0 Å². The molecule has 220 valence electrons. The Morgan fingerprint density at radius 3 is 2.20 bits per heavy atom. The Balaban J connectivity index is 1.99. The van der Waals surface area contributed by atoms with Gasteiger partial charge in [0.25, 0.3) is 5.92 Å². The Bertz CT molecular complexity index is 1270. The average molecular weight is 570 g/mol. The molecule has 40 heavy (non-hydrogen) atoms. The first-order valence-electron chi connectivity index (χ1n) is 14.9. The van der Waals surface area contributed by atoms with Crippen molar-refractivity contribution in [3.8, 4) is 0 Å². The predicted molar refractivity (Wildman–Crippen MR) is 163 cm³/mol. The van der Waals surface area contributed by atoms with Crippen molar-refractivity contribution in [2.45, 2.75) is 130 Å². The number of aromatic nitrogens is 1. The maximum atomic E-state index is 14.0. The molecule has 6 heteroatoms. The summed E-state index contributed by atoms with van der Waals surface area (Å²) >= 11 is 0.